The quantitative estimate of drug-likeness (QED) is 0.464. The Hall–Kier alpha value is -2.07. The van der Waals surface area contributed by atoms with Crippen LogP contribution in [0.1, 0.15) is 5.56 Å². The van der Waals surface area contributed by atoms with E-state index in [1.54, 1.807) is 23.9 Å². The molecule has 0 atom stereocenters. The molecule has 0 unspecified atom stereocenters. The Bertz CT molecular complexity index is 567. The molecule has 3 nitrogen and oxygen atoms in total. The van der Waals surface area contributed by atoms with Crippen molar-refractivity contribution in [1.82, 2.24) is 0 Å². The largest absolute Gasteiger partial charge is 0.270 e. The predicted molar refractivity (Wildman–Crippen MR) is 74.4 cm³/mol. The highest BCUT2D eigenvalue weighted by atomic mass is 32.2. The zero-order chi connectivity index (χ0) is 12.8. The van der Waals surface area contributed by atoms with Crippen LogP contribution >= 0.6 is 11.8 Å². The number of nitrogens with zero attached hydrogens (tertiary/aromatic N) is 1. The van der Waals surface area contributed by atoms with Crippen molar-refractivity contribution in [3.8, 4) is 0 Å². The van der Waals surface area contributed by atoms with Gasteiger partial charge in [0.05, 0.1) is 4.92 Å². The van der Waals surface area contributed by atoms with Crippen molar-refractivity contribution in [2.45, 2.75) is 4.90 Å². The molecule has 0 N–H and O–H groups in total. The highest BCUT2D eigenvalue weighted by Crippen LogP contribution is 2.21. The van der Waals surface area contributed by atoms with Gasteiger partial charge < -0.3 is 0 Å². The molecule has 0 radical (unpaired) electrons. The minimum absolute atomic E-state index is 0.113. The van der Waals surface area contributed by atoms with E-state index in [2.05, 4.69) is 0 Å². The summed E-state index contributed by atoms with van der Waals surface area (Å²) < 4.78 is 0. The Labute approximate surface area is 109 Å². The van der Waals surface area contributed by atoms with Crippen LogP contribution in [0.15, 0.2) is 64.9 Å². The van der Waals surface area contributed by atoms with Crippen molar-refractivity contribution in [2.75, 3.05) is 0 Å². The molecule has 0 saturated heterocycles. The first-order valence-electron chi connectivity index (χ1n) is 5.38. The maximum Gasteiger partial charge on any atom is 0.270 e. The third kappa shape index (κ3) is 3.46. The molecule has 90 valence electrons. The van der Waals surface area contributed by atoms with Crippen LogP contribution in [0.5, 0.6) is 0 Å². The average Bonchev–Trinajstić information content (AvgIpc) is 2.40. The lowest BCUT2D eigenvalue weighted by molar-refractivity contribution is -0.384. The molecular weight excluding hydrogens is 246 g/mol. The van der Waals surface area contributed by atoms with E-state index in [1.165, 1.54) is 6.07 Å². The van der Waals surface area contributed by atoms with E-state index in [0.29, 0.717) is 0 Å². The summed E-state index contributed by atoms with van der Waals surface area (Å²) in [7, 11) is 0. The molecular formula is C14H11NO2S. The summed E-state index contributed by atoms with van der Waals surface area (Å²) in [6.07, 6.45) is 1.87. The molecule has 0 aliphatic heterocycles. The highest BCUT2D eigenvalue weighted by molar-refractivity contribution is 8.02. The van der Waals surface area contributed by atoms with Crippen LogP contribution in [-0.2, 0) is 0 Å². The Morgan fingerprint density at radius 2 is 1.83 bits per heavy atom. The number of hydrogen-bond donors (Lipinski definition) is 0. The van der Waals surface area contributed by atoms with Crippen molar-refractivity contribution in [1.29, 1.82) is 0 Å². The normalized spacial score (nSPS) is 10.7. The monoisotopic (exact) mass is 257 g/mol. The van der Waals surface area contributed by atoms with Gasteiger partial charge in [-0.3, -0.25) is 10.1 Å². The average molecular weight is 257 g/mol. The lowest BCUT2D eigenvalue weighted by atomic mass is 10.2. The van der Waals surface area contributed by atoms with Crippen LogP contribution in [0, 0.1) is 10.1 Å². The van der Waals surface area contributed by atoms with Gasteiger partial charge in [0.2, 0.25) is 0 Å². The van der Waals surface area contributed by atoms with Crippen LogP contribution < -0.4 is 0 Å². The van der Waals surface area contributed by atoms with E-state index in [1.807, 2.05) is 47.9 Å². The Kier molecular flexibility index (Phi) is 4.15. The molecule has 0 fully saturated rings. The molecule has 0 amide bonds. The van der Waals surface area contributed by atoms with Gasteiger partial charge in [-0.05, 0) is 29.2 Å². The van der Waals surface area contributed by atoms with Crippen molar-refractivity contribution in [3.63, 3.8) is 0 Å². The van der Waals surface area contributed by atoms with Gasteiger partial charge in [0.1, 0.15) is 0 Å². The Balaban J connectivity index is 2.05. The molecule has 0 bridgehead atoms. The first kappa shape index (κ1) is 12.4. The summed E-state index contributed by atoms with van der Waals surface area (Å²) in [5.41, 5.74) is 0.939. The van der Waals surface area contributed by atoms with Crippen molar-refractivity contribution >= 4 is 23.5 Å². The zero-order valence-corrected chi connectivity index (χ0v) is 10.3. The molecule has 0 heterocycles. The van der Waals surface area contributed by atoms with Crippen molar-refractivity contribution in [2.24, 2.45) is 0 Å². The minimum atomic E-state index is -0.387. The maximum atomic E-state index is 10.6. The number of nitro groups is 1. The first-order valence-corrected chi connectivity index (χ1v) is 6.26. The number of thioether (sulfide) groups is 1. The second kappa shape index (κ2) is 6.02. The third-order valence-electron chi connectivity index (χ3n) is 2.29. The van der Waals surface area contributed by atoms with Gasteiger partial charge in [-0.1, -0.05) is 42.1 Å². The molecule has 0 aliphatic carbocycles. The standard InChI is InChI=1S/C14H11NO2S/c16-15(17)13-6-4-5-12(11-13)9-10-18-14-7-2-1-3-8-14/h1-11H/b10-9+. The van der Waals surface area contributed by atoms with Crippen molar-refractivity contribution < 1.29 is 4.92 Å². The zero-order valence-electron chi connectivity index (χ0n) is 9.52. The molecule has 2 aromatic carbocycles. The van der Waals surface area contributed by atoms with E-state index in [0.717, 1.165) is 10.5 Å². The lowest BCUT2D eigenvalue weighted by Crippen LogP contribution is -1.87. The summed E-state index contributed by atoms with van der Waals surface area (Å²) in [6.45, 7) is 0. The van der Waals surface area contributed by atoms with E-state index in [9.17, 15) is 10.1 Å². The highest BCUT2D eigenvalue weighted by Gasteiger charge is 2.03. The van der Waals surface area contributed by atoms with E-state index in [4.69, 9.17) is 0 Å². The van der Waals surface area contributed by atoms with Crippen LogP contribution in [0.3, 0.4) is 0 Å². The minimum Gasteiger partial charge on any atom is -0.258 e. The summed E-state index contributed by atoms with van der Waals surface area (Å²) in [6, 6.07) is 16.5. The van der Waals surface area contributed by atoms with Crippen molar-refractivity contribution in [3.05, 3.63) is 75.7 Å². The molecule has 0 spiro atoms. The fourth-order valence-electron chi connectivity index (χ4n) is 1.43. The molecule has 2 aromatic rings. The molecule has 2 rings (SSSR count). The second-order valence-electron chi connectivity index (χ2n) is 3.59. The van der Waals surface area contributed by atoms with Gasteiger partial charge >= 0.3 is 0 Å². The van der Waals surface area contributed by atoms with E-state index in [-0.39, 0.29) is 10.6 Å². The van der Waals surface area contributed by atoms with Crippen LogP contribution in [0.2, 0.25) is 0 Å². The molecule has 0 aromatic heterocycles. The van der Waals surface area contributed by atoms with Gasteiger partial charge in [-0.15, -0.1) is 0 Å². The SMILES string of the molecule is O=[N+]([O-])c1cccc(/C=C/Sc2ccccc2)c1. The van der Waals surface area contributed by atoms with Gasteiger partial charge in [-0.2, -0.15) is 0 Å². The Morgan fingerprint density at radius 3 is 2.56 bits per heavy atom. The summed E-state index contributed by atoms with van der Waals surface area (Å²) >= 11 is 1.58. The van der Waals surface area contributed by atoms with Crippen LogP contribution in [0.25, 0.3) is 6.08 Å². The molecule has 18 heavy (non-hydrogen) atoms. The van der Waals surface area contributed by atoms with Crippen LogP contribution in [0.4, 0.5) is 5.69 Å². The fraction of sp³-hybridized carbons (Fsp3) is 0. The smallest absolute Gasteiger partial charge is 0.258 e. The summed E-state index contributed by atoms with van der Waals surface area (Å²) in [4.78, 5) is 11.4. The number of hydrogen-bond acceptors (Lipinski definition) is 3. The number of rotatable bonds is 4. The van der Waals surface area contributed by atoms with Gasteiger partial charge in [0.15, 0.2) is 0 Å². The molecule has 0 aliphatic rings. The lowest BCUT2D eigenvalue weighted by Gasteiger charge is -1.95. The number of nitro benzene ring substituents is 1. The fourth-order valence-corrected chi connectivity index (χ4v) is 2.13. The van der Waals surface area contributed by atoms with Gasteiger partial charge in [0.25, 0.3) is 5.69 Å². The predicted octanol–water partition coefficient (Wildman–Crippen LogP) is 4.36. The maximum absolute atomic E-state index is 10.6. The first-order chi connectivity index (χ1) is 8.75. The van der Waals surface area contributed by atoms with Gasteiger partial charge in [-0.25, -0.2) is 0 Å². The molecule has 0 saturated carbocycles. The summed E-state index contributed by atoms with van der Waals surface area (Å²) in [5, 5.41) is 12.5. The third-order valence-corrected chi connectivity index (χ3v) is 3.11. The summed E-state index contributed by atoms with van der Waals surface area (Å²) in [5.74, 6) is 0. The van der Waals surface area contributed by atoms with E-state index < -0.39 is 0 Å². The Morgan fingerprint density at radius 1 is 1.06 bits per heavy atom. The second-order valence-corrected chi connectivity index (χ2v) is 4.57. The number of non-ortho nitro benzene ring substituents is 1. The topological polar surface area (TPSA) is 43.1 Å². The van der Waals surface area contributed by atoms with Gasteiger partial charge in [0, 0.05) is 17.0 Å². The molecule has 4 heteroatoms. The van der Waals surface area contributed by atoms with E-state index >= 15 is 0 Å². The number of benzene rings is 2. The van der Waals surface area contributed by atoms with Crippen LogP contribution in [-0.4, -0.2) is 4.92 Å².